The van der Waals surface area contributed by atoms with Gasteiger partial charge in [0.2, 0.25) is 0 Å². The highest BCUT2D eigenvalue weighted by Crippen LogP contribution is 2.32. The largest absolute Gasteiger partial charge is 0.331 e. The Morgan fingerprint density at radius 2 is 2.36 bits per heavy atom. The zero-order valence-electron chi connectivity index (χ0n) is 12.3. The number of nitrogens with zero attached hydrogens (tertiary/aromatic N) is 2. The summed E-state index contributed by atoms with van der Waals surface area (Å²) in [5.41, 5.74) is 1.57. The lowest BCUT2D eigenvalue weighted by atomic mass is 10.1. The fraction of sp³-hybridized carbons (Fsp3) is 0.400. The molecule has 0 unspecified atom stereocenters. The number of aromatic amines is 1. The van der Waals surface area contributed by atoms with Crippen molar-refractivity contribution in [2.45, 2.75) is 38.8 Å². The van der Waals surface area contributed by atoms with E-state index < -0.39 is 0 Å². The molecule has 116 valence electrons. The molecule has 0 aliphatic heterocycles. The Bertz CT molecular complexity index is 684. The first-order valence-electron chi connectivity index (χ1n) is 7.39. The number of hydrogen-bond donors (Lipinski definition) is 3. The molecule has 6 nitrogen and oxygen atoms in total. The zero-order valence-corrected chi connectivity index (χ0v) is 12.3. The summed E-state index contributed by atoms with van der Waals surface area (Å²) >= 11 is 0. The van der Waals surface area contributed by atoms with Crippen molar-refractivity contribution in [1.29, 1.82) is 0 Å². The van der Waals surface area contributed by atoms with Crippen LogP contribution in [0.4, 0.5) is 9.18 Å². The number of aryl methyl sites for hydroxylation is 1. The van der Waals surface area contributed by atoms with Crippen LogP contribution in [-0.4, -0.2) is 21.2 Å². The molecule has 3 N–H and O–H groups in total. The van der Waals surface area contributed by atoms with E-state index in [1.165, 1.54) is 6.07 Å². The molecular weight excluding hydrogens is 285 g/mol. The van der Waals surface area contributed by atoms with Crippen LogP contribution in [0.3, 0.4) is 0 Å². The molecule has 7 heteroatoms. The minimum Gasteiger partial charge on any atom is -0.331 e. The van der Waals surface area contributed by atoms with E-state index >= 15 is 0 Å². The molecule has 1 aromatic heterocycles. The number of benzene rings is 1. The van der Waals surface area contributed by atoms with Gasteiger partial charge in [-0.15, -0.1) is 0 Å². The topological polar surface area (TPSA) is 82.7 Å². The van der Waals surface area contributed by atoms with Crippen LogP contribution in [0.2, 0.25) is 0 Å². The Balaban J connectivity index is 1.56. The smallest absolute Gasteiger partial charge is 0.315 e. The van der Waals surface area contributed by atoms with Gasteiger partial charge >= 0.3 is 6.03 Å². The van der Waals surface area contributed by atoms with Crippen LogP contribution < -0.4 is 10.6 Å². The second-order valence-corrected chi connectivity index (χ2v) is 5.28. The summed E-state index contributed by atoms with van der Waals surface area (Å²) < 4.78 is 13.7. The summed E-state index contributed by atoms with van der Waals surface area (Å²) in [5.74, 6) is 1.14. The number of amides is 2. The first-order chi connectivity index (χ1) is 10.7. The van der Waals surface area contributed by atoms with Gasteiger partial charge in [-0.3, -0.25) is 5.10 Å². The van der Waals surface area contributed by atoms with Gasteiger partial charge in [0, 0.05) is 6.42 Å². The van der Waals surface area contributed by atoms with Gasteiger partial charge in [0.15, 0.2) is 5.82 Å². The molecule has 0 saturated heterocycles. The van der Waals surface area contributed by atoms with E-state index in [2.05, 4.69) is 25.8 Å². The fourth-order valence-corrected chi connectivity index (χ4v) is 2.70. The molecule has 1 atom stereocenters. The molecular formula is C15H18FN5O. The predicted molar refractivity (Wildman–Crippen MR) is 78.6 cm³/mol. The second kappa shape index (κ2) is 6.13. The maximum absolute atomic E-state index is 13.7. The van der Waals surface area contributed by atoms with Gasteiger partial charge in [0.25, 0.3) is 0 Å². The van der Waals surface area contributed by atoms with Crippen molar-refractivity contribution in [3.05, 3.63) is 46.8 Å². The van der Waals surface area contributed by atoms with E-state index in [1.807, 2.05) is 13.0 Å². The van der Waals surface area contributed by atoms with Crippen LogP contribution in [0.5, 0.6) is 0 Å². The third-order valence-corrected chi connectivity index (χ3v) is 3.83. The van der Waals surface area contributed by atoms with E-state index in [4.69, 9.17) is 0 Å². The molecule has 2 aromatic rings. The van der Waals surface area contributed by atoms with Crippen molar-refractivity contribution >= 4 is 6.03 Å². The third kappa shape index (κ3) is 2.93. The molecule has 1 aromatic carbocycles. The lowest BCUT2D eigenvalue weighted by Gasteiger charge is -2.14. The zero-order chi connectivity index (χ0) is 15.5. The van der Waals surface area contributed by atoms with E-state index in [1.54, 1.807) is 6.07 Å². The minimum absolute atomic E-state index is 0.147. The Kier molecular flexibility index (Phi) is 4.04. The number of urea groups is 1. The van der Waals surface area contributed by atoms with Crippen LogP contribution in [0.1, 0.15) is 42.2 Å². The second-order valence-electron chi connectivity index (χ2n) is 5.28. The monoisotopic (exact) mass is 303 g/mol. The molecule has 0 bridgehead atoms. The van der Waals surface area contributed by atoms with E-state index in [0.717, 1.165) is 17.8 Å². The Morgan fingerprint density at radius 3 is 3.14 bits per heavy atom. The van der Waals surface area contributed by atoms with Gasteiger partial charge in [0.1, 0.15) is 11.6 Å². The summed E-state index contributed by atoms with van der Waals surface area (Å²) in [4.78, 5) is 16.2. The van der Waals surface area contributed by atoms with E-state index in [0.29, 0.717) is 24.2 Å². The lowest BCUT2D eigenvalue weighted by Crippen LogP contribution is -2.37. The molecule has 0 radical (unpaired) electrons. The molecule has 22 heavy (non-hydrogen) atoms. The number of carbonyl (C=O) groups excluding carboxylic acids is 1. The molecule has 1 aliphatic rings. The number of carbonyl (C=O) groups is 1. The summed E-state index contributed by atoms with van der Waals surface area (Å²) in [6.45, 7) is 2.24. The standard InChI is InChI=1S/C15H18FN5O/c1-2-13-19-14(21-20-13)8-17-15(22)18-12-7-6-9-10(12)4-3-5-11(9)16/h3-5,12H,2,6-8H2,1H3,(H2,17,18,22)(H,19,20,21)/t12-/m0/s1. The SMILES string of the molecule is CCc1n[nH]c(CNC(=O)N[C@H]2CCc3c(F)cccc32)n1. The Hall–Kier alpha value is -2.44. The summed E-state index contributed by atoms with van der Waals surface area (Å²) in [6, 6.07) is 4.55. The van der Waals surface area contributed by atoms with Crippen LogP contribution in [0.15, 0.2) is 18.2 Å². The molecule has 0 saturated carbocycles. The number of fused-ring (bicyclic) bond motifs is 1. The number of hydrogen-bond acceptors (Lipinski definition) is 3. The molecule has 1 heterocycles. The fourth-order valence-electron chi connectivity index (χ4n) is 2.70. The average molecular weight is 303 g/mol. The van der Waals surface area contributed by atoms with Crippen molar-refractivity contribution in [2.24, 2.45) is 0 Å². The van der Waals surface area contributed by atoms with Gasteiger partial charge in [-0.2, -0.15) is 5.10 Å². The first-order valence-corrected chi connectivity index (χ1v) is 7.39. The van der Waals surface area contributed by atoms with Gasteiger partial charge in [0.05, 0.1) is 12.6 Å². The minimum atomic E-state index is -0.295. The lowest BCUT2D eigenvalue weighted by molar-refractivity contribution is 0.236. The molecule has 1 aliphatic carbocycles. The van der Waals surface area contributed by atoms with E-state index in [9.17, 15) is 9.18 Å². The molecule has 0 spiro atoms. The Labute approximate surface area is 127 Å². The van der Waals surface area contributed by atoms with E-state index in [-0.39, 0.29) is 24.4 Å². The van der Waals surface area contributed by atoms with Crippen LogP contribution in [0.25, 0.3) is 0 Å². The number of H-pyrrole nitrogens is 1. The highest BCUT2D eigenvalue weighted by Gasteiger charge is 2.25. The maximum Gasteiger partial charge on any atom is 0.315 e. The average Bonchev–Trinajstić information content (AvgIpc) is 3.13. The van der Waals surface area contributed by atoms with Crippen molar-refractivity contribution in [3.63, 3.8) is 0 Å². The van der Waals surface area contributed by atoms with Gasteiger partial charge in [-0.05, 0) is 30.0 Å². The van der Waals surface area contributed by atoms with Crippen molar-refractivity contribution in [2.75, 3.05) is 0 Å². The molecule has 2 amide bonds. The summed E-state index contributed by atoms with van der Waals surface area (Å²) in [5, 5.41) is 12.4. The summed E-state index contributed by atoms with van der Waals surface area (Å²) in [7, 11) is 0. The number of halogens is 1. The molecule has 0 fully saturated rings. The maximum atomic E-state index is 13.7. The van der Waals surface area contributed by atoms with Crippen LogP contribution >= 0.6 is 0 Å². The van der Waals surface area contributed by atoms with Gasteiger partial charge in [-0.1, -0.05) is 19.1 Å². The quantitative estimate of drug-likeness (QED) is 0.808. The summed E-state index contributed by atoms with van der Waals surface area (Å²) in [6.07, 6.45) is 2.11. The normalized spacial score (nSPS) is 16.4. The van der Waals surface area contributed by atoms with Crippen molar-refractivity contribution in [1.82, 2.24) is 25.8 Å². The first kappa shape index (κ1) is 14.5. The van der Waals surface area contributed by atoms with Crippen molar-refractivity contribution in [3.8, 4) is 0 Å². The number of nitrogens with one attached hydrogen (secondary N) is 3. The van der Waals surface area contributed by atoms with Crippen LogP contribution in [-0.2, 0) is 19.4 Å². The highest BCUT2D eigenvalue weighted by atomic mass is 19.1. The Morgan fingerprint density at radius 1 is 1.50 bits per heavy atom. The van der Waals surface area contributed by atoms with Gasteiger partial charge < -0.3 is 10.6 Å². The number of aromatic nitrogens is 3. The predicted octanol–water partition coefficient (Wildman–Crippen LogP) is 1.99. The van der Waals surface area contributed by atoms with Crippen LogP contribution in [0, 0.1) is 5.82 Å². The third-order valence-electron chi connectivity index (χ3n) is 3.83. The molecule has 3 rings (SSSR count). The van der Waals surface area contributed by atoms with Gasteiger partial charge in [-0.25, -0.2) is 14.2 Å². The number of rotatable bonds is 4. The highest BCUT2D eigenvalue weighted by molar-refractivity contribution is 5.74. The van der Waals surface area contributed by atoms with Crippen molar-refractivity contribution < 1.29 is 9.18 Å².